The van der Waals surface area contributed by atoms with E-state index in [2.05, 4.69) is 25.9 Å². The van der Waals surface area contributed by atoms with Gasteiger partial charge in [0.25, 0.3) is 5.91 Å². The zero-order valence-corrected chi connectivity index (χ0v) is 13.2. The topological polar surface area (TPSA) is 121 Å². The number of amides is 1. The van der Waals surface area contributed by atoms with Crippen LogP contribution in [-0.4, -0.2) is 53.3 Å². The number of sulfonamides is 1. The van der Waals surface area contributed by atoms with Crippen LogP contribution in [0.4, 0.5) is 0 Å². The van der Waals surface area contributed by atoms with Crippen molar-refractivity contribution in [2.24, 2.45) is 0 Å². The van der Waals surface area contributed by atoms with Gasteiger partial charge >= 0.3 is 0 Å². The molecule has 0 aliphatic rings. The number of nitrogens with zero attached hydrogens (tertiary/aromatic N) is 4. The summed E-state index contributed by atoms with van der Waals surface area (Å²) >= 11 is 0. The molecule has 0 unspecified atom stereocenters. The van der Waals surface area contributed by atoms with Gasteiger partial charge in [-0.1, -0.05) is 11.3 Å². The summed E-state index contributed by atoms with van der Waals surface area (Å²) in [5.41, 5.74) is 0.818. The van der Waals surface area contributed by atoms with Crippen LogP contribution in [0.1, 0.15) is 21.7 Å². The highest BCUT2D eigenvalue weighted by Crippen LogP contribution is 2.19. The van der Waals surface area contributed by atoms with Crippen molar-refractivity contribution in [2.45, 2.75) is 18.4 Å². The number of rotatable bonds is 5. The van der Waals surface area contributed by atoms with Gasteiger partial charge in [-0.05, 0) is 24.6 Å². The number of aromatic amines is 1. The molecule has 10 heteroatoms. The van der Waals surface area contributed by atoms with Crippen LogP contribution >= 0.6 is 0 Å². The molecule has 0 bridgehead atoms. The Labute approximate surface area is 127 Å². The number of nitrogens with one attached hydrogen (secondary N) is 2. The zero-order valence-electron chi connectivity index (χ0n) is 12.4. The molecule has 0 aliphatic heterocycles. The Kier molecular flexibility index (Phi) is 4.52. The van der Waals surface area contributed by atoms with E-state index < -0.39 is 15.9 Å². The fraction of sp³-hybridized carbons (Fsp3) is 0.333. The number of hydrogen-bond donors (Lipinski definition) is 2. The second-order valence-electron chi connectivity index (χ2n) is 4.78. The van der Waals surface area contributed by atoms with E-state index in [1.54, 1.807) is 19.1 Å². The van der Waals surface area contributed by atoms with Crippen LogP contribution in [0.15, 0.2) is 23.1 Å². The highest BCUT2D eigenvalue weighted by molar-refractivity contribution is 7.89. The standard InChI is InChI=1S/C12H16N6O3S/c1-8-4-5-9(6-10(8)22(20,21)18(2)3)12(19)13-7-11-14-16-17-15-11/h4-6H,7H2,1-3H3,(H,13,19)(H,14,15,16,17). The monoisotopic (exact) mass is 324 g/mol. The quantitative estimate of drug-likeness (QED) is 0.778. The van der Waals surface area contributed by atoms with Crippen molar-refractivity contribution in [1.82, 2.24) is 30.2 Å². The number of carbonyl (C=O) groups is 1. The van der Waals surface area contributed by atoms with Crippen molar-refractivity contribution in [3.05, 3.63) is 35.2 Å². The summed E-state index contributed by atoms with van der Waals surface area (Å²) in [5.74, 6) is -0.0818. The number of aromatic nitrogens is 4. The van der Waals surface area contributed by atoms with Gasteiger partial charge in [0.1, 0.15) is 0 Å². The molecule has 22 heavy (non-hydrogen) atoms. The first kappa shape index (κ1) is 16.0. The van der Waals surface area contributed by atoms with Gasteiger partial charge in [0.2, 0.25) is 10.0 Å². The van der Waals surface area contributed by atoms with Crippen LogP contribution in [0.2, 0.25) is 0 Å². The van der Waals surface area contributed by atoms with Crippen molar-refractivity contribution in [1.29, 1.82) is 0 Å². The second-order valence-corrected chi connectivity index (χ2v) is 6.90. The highest BCUT2D eigenvalue weighted by Gasteiger charge is 2.21. The molecule has 0 atom stereocenters. The Morgan fingerprint density at radius 2 is 2.09 bits per heavy atom. The summed E-state index contributed by atoms with van der Waals surface area (Å²) in [6.45, 7) is 1.77. The van der Waals surface area contributed by atoms with Gasteiger partial charge in [0.15, 0.2) is 5.82 Å². The summed E-state index contributed by atoms with van der Waals surface area (Å²) < 4.78 is 25.6. The van der Waals surface area contributed by atoms with Crippen molar-refractivity contribution >= 4 is 15.9 Å². The zero-order chi connectivity index (χ0) is 16.3. The van der Waals surface area contributed by atoms with E-state index in [1.165, 1.54) is 20.2 Å². The number of H-pyrrole nitrogens is 1. The highest BCUT2D eigenvalue weighted by atomic mass is 32.2. The number of hydrogen-bond acceptors (Lipinski definition) is 6. The maximum atomic E-state index is 12.2. The Balaban J connectivity index is 2.24. The average Bonchev–Trinajstić information content (AvgIpc) is 2.98. The van der Waals surface area contributed by atoms with E-state index in [-0.39, 0.29) is 17.0 Å². The van der Waals surface area contributed by atoms with Crippen LogP contribution in [0.25, 0.3) is 0 Å². The van der Waals surface area contributed by atoms with E-state index in [9.17, 15) is 13.2 Å². The van der Waals surface area contributed by atoms with Gasteiger partial charge in [0, 0.05) is 19.7 Å². The Morgan fingerprint density at radius 1 is 1.36 bits per heavy atom. The van der Waals surface area contributed by atoms with Gasteiger partial charge in [-0.3, -0.25) is 4.79 Å². The summed E-state index contributed by atoms with van der Waals surface area (Å²) in [5, 5.41) is 15.7. The fourth-order valence-electron chi connectivity index (χ4n) is 1.73. The molecule has 0 saturated carbocycles. The predicted octanol–water partition coefficient (Wildman–Crippen LogP) is -0.312. The van der Waals surface area contributed by atoms with Crippen molar-refractivity contribution in [3.63, 3.8) is 0 Å². The minimum atomic E-state index is -3.61. The number of aryl methyl sites for hydroxylation is 1. The SMILES string of the molecule is Cc1ccc(C(=O)NCc2nn[nH]n2)cc1S(=O)(=O)N(C)C. The molecule has 1 aromatic heterocycles. The lowest BCUT2D eigenvalue weighted by atomic mass is 10.1. The Morgan fingerprint density at radius 3 is 2.68 bits per heavy atom. The molecule has 0 spiro atoms. The van der Waals surface area contributed by atoms with Gasteiger partial charge < -0.3 is 5.32 Å². The lowest BCUT2D eigenvalue weighted by Gasteiger charge is -2.14. The molecule has 0 aliphatic carbocycles. The summed E-state index contributed by atoms with van der Waals surface area (Å²) in [6.07, 6.45) is 0. The van der Waals surface area contributed by atoms with Crippen molar-refractivity contribution in [2.75, 3.05) is 14.1 Å². The fourth-order valence-corrected chi connectivity index (χ4v) is 2.88. The molecule has 2 rings (SSSR count). The Bertz CT molecular complexity index is 770. The molecule has 1 heterocycles. The Hall–Kier alpha value is -2.33. The van der Waals surface area contributed by atoms with E-state index in [0.717, 1.165) is 4.31 Å². The molecule has 0 radical (unpaired) electrons. The van der Waals surface area contributed by atoms with Gasteiger partial charge in [-0.2, -0.15) is 5.21 Å². The first-order valence-corrected chi connectivity index (χ1v) is 7.80. The van der Waals surface area contributed by atoms with Gasteiger partial charge in [0.05, 0.1) is 11.4 Å². The van der Waals surface area contributed by atoms with Crippen LogP contribution in [0.5, 0.6) is 0 Å². The van der Waals surface area contributed by atoms with E-state index in [4.69, 9.17) is 0 Å². The smallest absolute Gasteiger partial charge is 0.251 e. The third-order valence-corrected chi connectivity index (χ3v) is 4.96. The maximum Gasteiger partial charge on any atom is 0.251 e. The third-order valence-electron chi connectivity index (χ3n) is 3.01. The molecular weight excluding hydrogens is 308 g/mol. The molecule has 1 amide bonds. The van der Waals surface area contributed by atoms with Crippen LogP contribution in [-0.2, 0) is 16.6 Å². The first-order valence-electron chi connectivity index (χ1n) is 6.36. The third kappa shape index (κ3) is 3.28. The number of tetrazole rings is 1. The van der Waals surface area contributed by atoms with Crippen LogP contribution in [0.3, 0.4) is 0 Å². The van der Waals surface area contributed by atoms with E-state index in [0.29, 0.717) is 11.4 Å². The predicted molar refractivity (Wildman–Crippen MR) is 77.4 cm³/mol. The molecule has 0 fully saturated rings. The summed E-state index contributed by atoms with van der Waals surface area (Å²) in [7, 11) is -0.724. The summed E-state index contributed by atoms with van der Waals surface area (Å²) in [4.78, 5) is 12.2. The van der Waals surface area contributed by atoms with E-state index in [1.807, 2.05) is 0 Å². The molecule has 2 aromatic rings. The molecule has 1 aromatic carbocycles. The van der Waals surface area contributed by atoms with Gasteiger partial charge in [-0.15, -0.1) is 10.2 Å². The minimum absolute atomic E-state index is 0.0962. The number of carbonyl (C=O) groups excluding carboxylic acids is 1. The van der Waals surface area contributed by atoms with E-state index >= 15 is 0 Å². The van der Waals surface area contributed by atoms with Crippen LogP contribution in [0, 0.1) is 6.92 Å². The summed E-state index contributed by atoms with van der Waals surface area (Å²) in [6, 6.07) is 4.52. The number of benzene rings is 1. The minimum Gasteiger partial charge on any atom is -0.345 e. The molecule has 9 nitrogen and oxygen atoms in total. The normalized spacial score (nSPS) is 11.6. The van der Waals surface area contributed by atoms with Crippen LogP contribution < -0.4 is 5.32 Å². The van der Waals surface area contributed by atoms with Crippen molar-refractivity contribution in [3.8, 4) is 0 Å². The molecule has 0 saturated heterocycles. The molecular formula is C12H16N6O3S. The lowest BCUT2D eigenvalue weighted by molar-refractivity contribution is 0.0949. The molecule has 2 N–H and O–H groups in total. The largest absolute Gasteiger partial charge is 0.345 e. The second kappa shape index (κ2) is 6.20. The first-order chi connectivity index (χ1) is 10.3. The maximum absolute atomic E-state index is 12.2. The van der Waals surface area contributed by atoms with Gasteiger partial charge in [-0.25, -0.2) is 12.7 Å². The van der Waals surface area contributed by atoms with Crippen molar-refractivity contribution < 1.29 is 13.2 Å². The lowest BCUT2D eigenvalue weighted by Crippen LogP contribution is -2.26. The molecule has 118 valence electrons. The average molecular weight is 324 g/mol.